The Hall–Kier alpha value is -4.39. The molecule has 1 aromatic heterocycles. The molecule has 220 valence electrons. The number of para-hydroxylation sites is 1. The molecule has 4 aromatic rings. The smallest absolute Gasteiger partial charge is 0.424 e. The minimum atomic E-state index is -0.613. The van der Waals surface area contributed by atoms with Gasteiger partial charge in [-0.1, -0.05) is 101 Å². The molecule has 3 aromatic carbocycles. The molecule has 7 nitrogen and oxygen atoms in total. The molecular weight excluding hydrogens is 526 g/mol. The van der Waals surface area contributed by atoms with E-state index in [4.69, 9.17) is 4.74 Å². The van der Waals surface area contributed by atoms with Crippen LogP contribution in [0, 0.1) is 0 Å². The highest BCUT2D eigenvalue weighted by Crippen LogP contribution is 2.38. The van der Waals surface area contributed by atoms with Crippen LogP contribution in [0.4, 0.5) is 16.2 Å². The number of nitrogens with one attached hydrogen (secondary N) is 1. The Morgan fingerprint density at radius 3 is 2.12 bits per heavy atom. The summed E-state index contributed by atoms with van der Waals surface area (Å²) < 4.78 is 5.67. The summed E-state index contributed by atoms with van der Waals surface area (Å²) in [6.45, 7) is 2.80. The van der Waals surface area contributed by atoms with Crippen LogP contribution in [0.15, 0.2) is 85.2 Å². The lowest BCUT2D eigenvalue weighted by Gasteiger charge is -2.24. The standard InChI is InChI=1S/C35H41N3O4/c1-2-3-4-5-6-7-8-9-10-14-24-37-34(40)31-21-20-29-30(33(31)39)18-15-19-32(29)38(27-22-25-36-26-23-27)35(41)42-28-16-12-11-13-17-28/h11-13,15-23,25-26,39H,2-10,14,24H2,1H3,(H,37,40). The molecule has 2 amide bonds. The molecule has 0 saturated carbocycles. The van der Waals surface area contributed by atoms with E-state index >= 15 is 0 Å². The molecule has 0 bridgehead atoms. The molecule has 7 heteroatoms. The van der Waals surface area contributed by atoms with Crippen LogP contribution in [-0.2, 0) is 0 Å². The van der Waals surface area contributed by atoms with Crippen LogP contribution in [0.3, 0.4) is 0 Å². The largest absolute Gasteiger partial charge is 0.506 e. The molecule has 0 saturated heterocycles. The fourth-order valence-corrected chi connectivity index (χ4v) is 5.08. The molecule has 4 rings (SSSR count). The third kappa shape index (κ3) is 8.32. The van der Waals surface area contributed by atoms with Crippen LogP contribution in [0.25, 0.3) is 10.8 Å². The Balaban J connectivity index is 1.43. The first kappa shape index (κ1) is 30.6. The number of aromatic nitrogens is 1. The van der Waals surface area contributed by atoms with E-state index < -0.39 is 6.09 Å². The van der Waals surface area contributed by atoms with Crippen molar-refractivity contribution in [1.29, 1.82) is 0 Å². The molecular formula is C35H41N3O4. The quantitative estimate of drug-likeness (QED) is 0.140. The number of hydrogen-bond acceptors (Lipinski definition) is 5. The Kier molecular flexibility index (Phi) is 11.8. The van der Waals surface area contributed by atoms with E-state index in [-0.39, 0.29) is 17.2 Å². The molecule has 0 aliphatic rings. The van der Waals surface area contributed by atoms with Crippen molar-refractivity contribution in [2.45, 2.75) is 71.1 Å². The highest BCUT2D eigenvalue weighted by atomic mass is 16.6. The number of unbranched alkanes of at least 4 members (excludes halogenated alkanes) is 9. The first-order valence-corrected chi connectivity index (χ1v) is 15.1. The van der Waals surface area contributed by atoms with Crippen molar-refractivity contribution >= 4 is 34.1 Å². The topological polar surface area (TPSA) is 91.8 Å². The number of benzene rings is 3. The summed E-state index contributed by atoms with van der Waals surface area (Å²) in [5, 5.41) is 15.2. The molecule has 0 spiro atoms. The zero-order valence-corrected chi connectivity index (χ0v) is 24.4. The number of amides is 2. The second kappa shape index (κ2) is 16.2. The SMILES string of the molecule is CCCCCCCCCCCCNC(=O)c1ccc2c(N(C(=O)Oc3ccccc3)c3ccncc3)cccc2c1O. The van der Waals surface area contributed by atoms with Gasteiger partial charge < -0.3 is 15.2 Å². The Morgan fingerprint density at radius 1 is 0.762 bits per heavy atom. The summed E-state index contributed by atoms with van der Waals surface area (Å²) in [6, 6.07) is 20.9. The van der Waals surface area contributed by atoms with E-state index in [1.807, 2.05) is 6.07 Å². The van der Waals surface area contributed by atoms with Gasteiger partial charge in [-0.25, -0.2) is 9.69 Å². The number of pyridine rings is 1. The molecule has 0 fully saturated rings. The van der Waals surface area contributed by atoms with Gasteiger partial charge in [0.25, 0.3) is 5.91 Å². The average molecular weight is 568 g/mol. The van der Waals surface area contributed by atoms with Gasteiger partial charge in [0, 0.05) is 29.7 Å². The maximum Gasteiger partial charge on any atom is 0.424 e. The van der Waals surface area contributed by atoms with E-state index in [9.17, 15) is 14.7 Å². The molecule has 0 radical (unpaired) electrons. The fourth-order valence-electron chi connectivity index (χ4n) is 5.08. The number of rotatable bonds is 15. The van der Waals surface area contributed by atoms with Gasteiger partial charge in [0.15, 0.2) is 0 Å². The highest BCUT2D eigenvalue weighted by Gasteiger charge is 2.24. The van der Waals surface area contributed by atoms with E-state index in [2.05, 4.69) is 17.2 Å². The molecule has 0 unspecified atom stereocenters. The van der Waals surface area contributed by atoms with Crippen molar-refractivity contribution in [2.24, 2.45) is 0 Å². The maximum absolute atomic E-state index is 13.5. The number of ether oxygens (including phenoxy) is 1. The van der Waals surface area contributed by atoms with Gasteiger partial charge in [-0.2, -0.15) is 0 Å². The normalized spacial score (nSPS) is 10.9. The van der Waals surface area contributed by atoms with Crippen LogP contribution in [0.5, 0.6) is 11.5 Å². The van der Waals surface area contributed by atoms with Gasteiger partial charge in [0.05, 0.1) is 16.9 Å². The Morgan fingerprint density at radius 2 is 1.43 bits per heavy atom. The highest BCUT2D eigenvalue weighted by molar-refractivity contribution is 6.11. The third-order valence-corrected chi connectivity index (χ3v) is 7.36. The van der Waals surface area contributed by atoms with Gasteiger partial charge >= 0.3 is 6.09 Å². The van der Waals surface area contributed by atoms with Crippen LogP contribution in [0.2, 0.25) is 0 Å². The Bertz CT molecular complexity index is 1430. The van der Waals surface area contributed by atoms with Gasteiger partial charge in [-0.3, -0.25) is 9.78 Å². The Labute approximate surface area is 248 Å². The van der Waals surface area contributed by atoms with E-state index in [1.165, 1.54) is 56.3 Å². The van der Waals surface area contributed by atoms with E-state index in [1.54, 1.807) is 79.1 Å². The first-order valence-electron chi connectivity index (χ1n) is 15.1. The van der Waals surface area contributed by atoms with Crippen molar-refractivity contribution < 1.29 is 19.4 Å². The zero-order valence-electron chi connectivity index (χ0n) is 24.4. The summed E-state index contributed by atoms with van der Waals surface area (Å²) in [5.74, 6) is -0.0303. The molecule has 0 aliphatic carbocycles. The van der Waals surface area contributed by atoms with Crippen molar-refractivity contribution in [3.63, 3.8) is 0 Å². The van der Waals surface area contributed by atoms with Crippen LogP contribution < -0.4 is 15.0 Å². The number of anilines is 2. The number of nitrogens with zero attached hydrogens (tertiary/aromatic N) is 2. The van der Waals surface area contributed by atoms with Gasteiger partial charge in [-0.05, 0) is 42.8 Å². The summed E-state index contributed by atoms with van der Waals surface area (Å²) >= 11 is 0. The van der Waals surface area contributed by atoms with Crippen LogP contribution >= 0.6 is 0 Å². The van der Waals surface area contributed by atoms with Crippen molar-refractivity contribution in [1.82, 2.24) is 10.3 Å². The molecule has 1 heterocycles. The van der Waals surface area contributed by atoms with Crippen molar-refractivity contribution in [3.05, 3.63) is 90.8 Å². The van der Waals surface area contributed by atoms with Crippen molar-refractivity contribution in [2.75, 3.05) is 11.4 Å². The van der Waals surface area contributed by atoms with E-state index in [0.29, 0.717) is 34.4 Å². The predicted molar refractivity (Wildman–Crippen MR) is 169 cm³/mol. The first-order chi connectivity index (χ1) is 20.6. The lowest BCUT2D eigenvalue weighted by molar-refractivity contribution is 0.0950. The maximum atomic E-state index is 13.5. The summed E-state index contributed by atoms with van der Waals surface area (Å²) in [4.78, 5) is 31.9. The zero-order chi connectivity index (χ0) is 29.6. The summed E-state index contributed by atoms with van der Waals surface area (Å²) in [6.07, 6.45) is 14.9. The lowest BCUT2D eigenvalue weighted by atomic mass is 10.0. The second-order valence-corrected chi connectivity index (χ2v) is 10.5. The fraction of sp³-hybridized carbons (Fsp3) is 0.343. The number of phenolic OH excluding ortho intramolecular Hbond substituents is 1. The number of fused-ring (bicyclic) bond motifs is 1. The third-order valence-electron chi connectivity index (χ3n) is 7.36. The average Bonchev–Trinajstić information content (AvgIpc) is 3.01. The van der Waals surface area contributed by atoms with Crippen molar-refractivity contribution in [3.8, 4) is 11.5 Å². The van der Waals surface area contributed by atoms with E-state index in [0.717, 1.165) is 12.8 Å². The molecule has 2 N–H and O–H groups in total. The molecule has 0 atom stereocenters. The summed E-state index contributed by atoms with van der Waals surface area (Å²) in [7, 11) is 0. The summed E-state index contributed by atoms with van der Waals surface area (Å²) in [5.41, 5.74) is 1.26. The monoisotopic (exact) mass is 567 g/mol. The minimum absolute atomic E-state index is 0.124. The number of carbonyl (C=O) groups is 2. The van der Waals surface area contributed by atoms with Gasteiger partial charge in [0.2, 0.25) is 0 Å². The number of carbonyl (C=O) groups excluding carboxylic acids is 2. The lowest BCUT2D eigenvalue weighted by Crippen LogP contribution is -2.29. The minimum Gasteiger partial charge on any atom is -0.506 e. The molecule has 0 aliphatic heterocycles. The number of phenols is 1. The predicted octanol–water partition coefficient (Wildman–Crippen LogP) is 8.93. The van der Waals surface area contributed by atoms with Crippen LogP contribution in [-0.4, -0.2) is 28.6 Å². The molecule has 42 heavy (non-hydrogen) atoms. The number of aromatic hydroxyl groups is 1. The van der Waals surface area contributed by atoms with Crippen LogP contribution in [0.1, 0.15) is 81.5 Å². The second-order valence-electron chi connectivity index (χ2n) is 10.5. The van der Waals surface area contributed by atoms with Gasteiger partial charge in [-0.15, -0.1) is 0 Å². The number of hydrogen-bond donors (Lipinski definition) is 2. The van der Waals surface area contributed by atoms with Gasteiger partial charge in [0.1, 0.15) is 11.5 Å².